The lowest BCUT2D eigenvalue weighted by Crippen LogP contribution is -2.43. The maximum atomic E-state index is 5.37. The van der Waals surface area contributed by atoms with E-state index in [1.165, 1.54) is 11.5 Å². The van der Waals surface area contributed by atoms with Crippen LogP contribution >= 0.6 is 11.5 Å². The first-order valence-corrected chi connectivity index (χ1v) is 7.54. The molecule has 5 nitrogen and oxygen atoms in total. The molecule has 1 aromatic carbocycles. The Morgan fingerprint density at radius 3 is 2.90 bits per heavy atom. The number of hydrogen-bond donors (Lipinski definition) is 1. The van der Waals surface area contributed by atoms with E-state index in [9.17, 15) is 0 Å². The molecular weight excluding hydrogens is 272 g/mol. The van der Waals surface area contributed by atoms with Crippen molar-refractivity contribution >= 4 is 16.7 Å². The quantitative estimate of drug-likeness (QED) is 0.926. The SMILES string of the molecule is COc1ccccc1Cc1nsc(N2CCNCC2)n1. The van der Waals surface area contributed by atoms with Crippen molar-refractivity contribution < 1.29 is 4.74 Å². The Morgan fingerprint density at radius 1 is 1.30 bits per heavy atom. The molecule has 0 radical (unpaired) electrons. The average Bonchev–Trinajstić information content (AvgIpc) is 2.97. The molecule has 20 heavy (non-hydrogen) atoms. The molecule has 106 valence electrons. The van der Waals surface area contributed by atoms with Gasteiger partial charge in [-0.05, 0) is 6.07 Å². The summed E-state index contributed by atoms with van der Waals surface area (Å²) in [6, 6.07) is 8.02. The van der Waals surface area contributed by atoms with Gasteiger partial charge in [0, 0.05) is 49.7 Å². The number of methoxy groups -OCH3 is 1. The van der Waals surface area contributed by atoms with Crippen LogP contribution in [-0.4, -0.2) is 42.6 Å². The molecule has 6 heteroatoms. The van der Waals surface area contributed by atoms with Gasteiger partial charge in [-0.25, -0.2) is 4.98 Å². The van der Waals surface area contributed by atoms with Gasteiger partial charge in [-0.2, -0.15) is 4.37 Å². The zero-order valence-corrected chi connectivity index (χ0v) is 12.3. The smallest absolute Gasteiger partial charge is 0.205 e. The molecule has 3 rings (SSSR count). The van der Waals surface area contributed by atoms with Gasteiger partial charge in [0.2, 0.25) is 5.13 Å². The van der Waals surface area contributed by atoms with Crippen molar-refractivity contribution in [3.63, 3.8) is 0 Å². The topological polar surface area (TPSA) is 50.3 Å². The van der Waals surface area contributed by atoms with Crippen LogP contribution in [0.4, 0.5) is 5.13 Å². The molecule has 1 aromatic heterocycles. The van der Waals surface area contributed by atoms with E-state index < -0.39 is 0 Å². The molecule has 0 saturated carbocycles. The van der Waals surface area contributed by atoms with Gasteiger partial charge >= 0.3 is 0 Å². The molecule has 1 aliphatic rings. The highest BCUT2D eigenvalue weighted by atomic mass is 32.1. The van der Waals surface area contributed by atoms with Crippen molar-refractivity contribution in [3.05, 3.63) is 35.7 Å². The minimum atomic E-state index is 0.715. The van der Waals surface area contributed by atoms with Crippen molar-refractivity contribution in [2.24, 2.45) is 0 Å². The zero-order valence-electron chi connectivity index (χ0n) is 11.5. The maximum absolute atomic E-state index is 5.37. The molecule has 1 saturated heterocycles. The van der Waals surface area contributed by atoms with Crippen LogP contribution in [0.2, 0.25) is 0 Å². The van der Waals surface area contributed by atoms with Gasteiger partial charge in [0.05, 0.1) is 7.11 Å². The van der Waals surface area contributed by atoms with E-state index in [4.69, 9.17) is 4.74 Å². The van der Waals surface area contributed by atoms with Gasteiger partial charge in [-0.15, -0.1) is 0 Å². The molecule has 0 spiro atoms. The van der Waals surface area contributed by atoms with E-state index in [1.807, 2.05) is 18.2 Å². The van der Waals surface area contributed by atoms with Gasteiger partial charge in [0.1, 0.15) is 11.6 Å². The molecule has 0 aliphatic carbocycles. The van der Waals surface area contributed by atoms with Gasteiger partial charge in [-0.3, -0.25) is 0 Å². The minimum absolute atomic E-state index is 0.715. The maximum Gasteiger partial charge on any atom is 0.205 e. The van der Waals surface area contributed by atoms with Crippen LogP contribution in [0.1, 0.15) is 11.4 Å². The average molecular weight is 290 g/mol. The normalized spacial score (nSPS) is 15.3. The summed E-state index contributed by atoms with van der Waals surface area (Å²) in [5.41, 5.74) is 1.12. The van der Waals surface area contributed by atoms with Gasteiger partial charge < -0.3 is 15.0 Å². The summed E-state index contributed by atoms with van der Waals surface area (Å²) in [5.74, 6) is 1.76. The molecule has 1 N–H and O–H groups in total. The summed E-state index contributed by atoms with van der Waals surface area (Å²) < 4.78 is 9.84. The first-order valence-electron chi connectivity index (χ1n) is 6.77. The fraction of sp³-hybridized carbons (Fsp3) is 0.429. The Hall–Kier alpha value is -1.66. The lowest BCUT2D eigenvalue weighted by Gasteiger charge is -2.26. The zero-order chi connectivity index (χ0) is 13.8. The van der Waals surface area contributed by atoms with Crippen molar-refractivity contribution in [1.29, 1.82) is 0 Å². The Labute approximate surface area is 122 Å². The van der Waals surface area contributed by atoms with Gasteiger partial charge in [0.15, 0.2) is 0 Å². The van der Waals surface area contributed by atoms with Crippen LogP contribution in [0.5, 0.6) is 5.75 Å². The van der Waals surface area contributed by atoms with E-state index in [2.05, 4.69) is 25.6 Å². The molecule has 0 unspecified atom stereocenters. The standard InChI is InChI=1S/C14H18N4OS/c1-19-12-5-3-2-4-11(12)10-13-16-14(20-17-13)18-8-6-15-7-9-18/h2-5,15H,6-10H2,1H3. The summed E-state index contributed by atoms with van der Waals surface area (Å²) in [5, 5.41) is 4.37. The van der Waals surface area contributed by atoms with Crippen molar-refractivity contribution in [2.45, 2.75) is 6.42 Å². The molecule has 0 atom stereocenters. The number of nitrogens with zero attached hydrogens (tertiary/aromatic N) is 3. The minimum Gasteiger partial charge on any atom is -0.496 e. The van der Waals surface area contributed by atoms with Crippen LogP contribution in [-0.2, 0) is 6.42 Å². The fourth-order valence-electron chi connectivity index (χ4n) is 2.32. The Balaban J connectivity index is 1.73. The third-order valence-electron chi connectivity index (χ3n) is 3.39. The Bertz CT molecular complexity index is 566. The third kappa shape index (κ3) is 2.91. The predicted octanol–water partition coefficient (Wildman–Crippen LogP) is 1.55. The molecule has 2 aromatic rings. The highest BCUT2D eigenvalue weighted by molar-refractivity contribution is 7.09. The number of hydrogen-bond acceptors (Lipinski definition) is 6. The highest BCUT2D eigenvalue weighted by Crippen LogP contribution is 2.23. The first kappa shape index (κ1) is 13.3. The lowest BCUT2D eigenvalue weighted by molar-refractivity contribution is 0.410. The van der Waals surface area contributed by atoms with Crippen LogP contribution in [0.3, 0.4) is 0 Å². The van der Waals surface area contributed by atoms with E-state index >= 15 is 0 Å². The van der Waals surface area contributed by atoms with Gasteiger partial charge in [-0.1, -0.05) is 18.2 Å². The van der Waals surface area contributed by atoms with Crippen LogP contribution in [0.25, 0.3) is 0 Å². The lowest BCUT2D eigenvalue weighted by atomic mass is 10.1. The summed E-state index contributed by atoms with van der Waals surface area (Å²) >= 11 is 1.48. The second-order valence-electron chi connectivity index (χ2n) is 4.72. The number of piperazine rings is 1. The highest BCUT2D eigenvalue weighted by Gasteiger charge is 2.15. The summed E-state index contributed by atoms with van der Waals surface area (Å²) in [6.07, 6.45) is 0.715. The molecule has 1 aliphatic heterocycles. The number of nitrogens with one attached hydrogen (secondary N) is 1. The summed E-state index contributed by atoms with van der Waals surface area (Å²) in [4.78, 5) is 6.95. The number of anilines is 1. The van der Waals surface area contributed by atoms with E-state index in [-0.39, 0.29) is 0 Å². The molecular formula is C14H18N4OS. The van der Waals surface area contributed by atoms with Crippen LogP contribution in [0.15, 0.2) is 24.3 Å². The molecule has 2 heterocycles. The molecule has 0 amide bonds. The second kappa shape index (κ2) is 6.19. The Morgan fingerprint density at radius 2 is 2.10 bits per heavy atom. The first-order chi connectivity index (χ1) is 9.86. The number of rotatable bonds is 4. The fourth-order valence-corrected chi connectivity index (χ4v) is 3.06. The number of benzene rings is 1. The van der Waals surface area contributed by atoms with Crippen LogP contribution < -0.4 is 15.0 Å². The predicted molar refractivity (Wildman–Crippen MR) is 80.8 cm³/mol. The van der Waals surface area contributed by atoms with Crippen LogP contribution in [0, 0.1) is 0 Å². The number of aromatic nitrogens is 2. The number of para-hydroxylation sites is 1. The van der Waals surface area contributed by atoms with E-state index in [1.54, 1.807) is 7.11 Å². The largest absolute Gasteiger partial charge is 0.496 e. The van der Waals surface area contributed by atoms with E-state index in [0.717, 1.165) is 48.4 Å². The molecule has 0 bridgehead atoms. The number of ether oxygens (including phenoxy) is 1. The van der Waals surface area contributed by atoms with Crippen molar-refractivity contribution in [3.8, 4) is 5.75 Å². The van der Waals surface area contributed by atoms with Gasteiger partial charge in [0.25, 0.3) is 0 Å². The summed E-state index contributed by atoms with van der Waals surface area (Å²) in [7, 11) is 1.69. The summed E-state index contributed by atoms with van der Waals surface area (Å²) in [6.45, 7) is 4.04. The third-order valence-corrected chi connectivity index (χ3v) is 4.20. The Kier molecular flexibility index (Phi) is 4.13. The second-order valence-corrected chi connectivity index (χ2v) is 5.45. The monoisotopic (exact) mass is 290 g/mol. The van der Waals surface area contributed by atoms with Crippen molar-refractivity contribution in [1.82, 2.24) is 14.7 Å². The van der Waals surface area contributed by atoms with E-state index in [0.29, 0.717) is 6.42 Å². The van der Waals surface area contributed by atoms with Crippen molar-refractivity contribution in [2.75, 3.05) is 38.2 Å². The molecule has 1 fully saturated rings.